The molecule has 5 heteroatoms. The van der Waals surface area contributed by atoms with Crippen molar-refractivity contribution >= 4 is 17.5 Å². The molecule has 2 amide bonds. The summed E-state index contributed by atoms with van der Waals surface area (Å²) < 4.78 is 0. The Hall–Kier alpha value is -1.91. The fraction of sp³-hybridized carbons (Fsp3) is 0.500. The van der Waals surface area contributed by atoms with E-state index in [-0.39, 0.29) is 11.8 Å². The molecule has 0 spiro atoms. The Morgan fingerprint density at radius 3 is 2.95 bits per heavy atom. The van der Waals surface area contributed by atoms with Crippen molar-refractivity contribution in [3.8, 4) is 0 Å². The molecule has 0 radical (unpaired) electrons. The van der Waals surface area contributed by atoms with Crippen molar-refractivity contribution in [3.05, 3.63) is 24.0 Å². The van der Waals surface area contributed by atoms with E-state index in [0.29, 0.717) is 19.4 Å². The van der Waals surface area contributed by atoms with Crippen molar-refractivity contribution in [1.29, 1.82) is 0 Å². The maximum atomic E-state index is 12.5. The van der Waals surface area contributed by atoms with Crippen LogP contribution in [0.3, 0.4) is 0 Å². The fourth-order valence-electron chi connectivity index (χ4n) is 2.32. The first kappa shape index (κ1) is 13.5. The van der Waals surface area contributed by atoms with Gasteiger partial charge in [-0.05, 0) is 25.5 Å². The van der Waals surface area contributed by atoms with Crippen molar-refractivity contribution in [2.75, 3.05) is 11.4 Å². The van der Waals surface area contributed by atoms with Gasteiger partial charge in [0, 0.05) is 19.2 Å². The third kappa shape index (κ3) is 2.92. The summed E-state index contributed by atoms with van der Waals surface area (Å²) in [6.07, 6.45) is 3.56. The third-order valence-corrected chi connectivity index (χ3v) is 3.31. The summed E-state index contributed by atoms with van der Waals surface area (Å²) >= 11 is 0. The highest BCUT2D eigenvalue weighted by atomic mass is 16.2. The number of nitrogens with zero attached hydrogens (tertiary/aromatic N) is 2. The van der Waals surface area contributed by atoms with Gasteiger partial charge < -0.3 is 10.2 Å². The number of aryl methyl sites for hydroxylation is 1. The highest BCUT2D eigenvalue weighted by Gasteiger charge is 2.30. The summed E-state index contributed by atoms with van der Waals surface area (Å²) in [7, 11) is 0. The quantitative estimate of drug-likeness (QED) is 0.895. The monoisotopic (exact) mass is 261 g/mol. The number of rotatable bonds is 3. The van der Waals surface area contributed by atoms with Gasteiger partial charge in [0.2, 0.25) is 11.8 Å². The van der Waals surface area contributed by atoms with Gasteiger partial charge in [-0.15, -0.1) is 0 Å². The maximum absolute atomic E-state index is 12.5. The topological polar surface area (TPSA) is 62.3 Å². The van der Waals surface area contributed by atoms with Crippen LogP contribution in [-0.4, -0.2) is 29.4 Å². The minimum Gasteiger partial charge on any atom is -0.344 e. The summed E-state index contributed by atoms with van der Waals surface area (Å²) in [5.74, 6) is -0.0976. The van der Waals surface area contributed by atoms with E-state index in [1.807, 2.05) is 26.0 Å². The molecule has 0 aliphatic carbocycles. The van der Waals surface area contributed by atoms with Crippen LogP contribution in [0.4, 0.5) is 5.69 Å². The summed E-state index contributed by atoms with van der Waals surface area (Å²) in [4.78, 5) is 30.1. The van der Waals surface area contributed by atoms with Crippen LogP contribution in [0.1, 0.15) is 31.9 Å². The lowest BCUT2D eigenvalue weighted by Crippen LogP contribution is -2.44. The molecule has 5 nitrogen and oxygen atoms in total. The van der Waals surface area contributed by atoms with Gasteiger partial charge in [-0.25, -0.2) is 0 Å². The molecular weight excluding hydrogens is 242 g/mol. The molecule has 1 unspecified atom stereocenters. The van der Waals surface area contributed by atoms with Gasteiger partial charge >= 0.3 is 0 Å². The summed E-state index contributed by atoms with van der Waals surface area (Å²) in [6.45, 7) is 4.29. The Bertz CT molecular complexity index is 487. The van der Waals surface area contributed by atoms with Crippen LogP contribution >= 0.6 is 0 Å². The number of nitrogens with one attached hydrogen (secondary N) is 1. The number of amides is 2. The Morgan fingerprint density at radius 1 is 1.47 bits per heavy atom. The molecule has 1 aliphatic rings. The fourth-order valence-corrected chi connectivity index (χ4v) is 2.32. The maximum Gasteiger partial charge on any atom is 0.249 e. The second-order valence-electron chi connectivity index (χ2n) is 4.76. The lowest BCUT2D eigenvalue weighted by molar-refractivity contribution is -0.125. The van der Waals surface area contributed by atoms with E-state index in [9.17, 15) is 9.59 Å². The molecule has 1 fully saturated rings. The number of aromatic nitrogens is 1. The molecule has 1 aliphatic heterocycles. The van der Waals surface area contributed by atoms with E-state index in [0.717, 1.165) is 17.8 Å². The van der Waals surface area contributed by atoms with Crippen LogP contribution in [-0.2, 0) is 9.59 Å². The molecule has 0 bridgehead atoms. The number of pyridine rings is 1. The normalized spacial score (nSPS) is 20.1. The number of carbonyl (C=O) groups is 2. The molecular formula is C14H19N3O2. The van der Waals surface area contributed by atoms with Gasteiger partial charge in [-0.1, -0.05) is 13.3 Å². The predicted molar refractivity (Wildman–Crippen MR) is 72.8 cm³/mol. The van der Waals surface area contributed by atoms with Crippen molar-refractivity contribution < 1.29 is 9.59 Å². The molecule has 1 aromatic heterocycles. The number of hydrogen-bond acceptors (Lipinski definition) is 3. The van der Waals surface area contributed by atoms with Crippen LogP contribution in [0.15, 0.2) is 18.3 Å². The lowest BCUT2D eigenvalue weighted by atomic mass is 10.1. The first-order valence-electron chi connectivity index (χ1n) is 6.66. The van der Waals surface area contributed by atoms with Gasteiger partial charge in [-0.2, -0.15) is 0 Å². The van der Waals surface area contributed by atoms with Gasteiger partial charge in [0.05, 0.1) is 11.4 Å². The SMILES string of the molecule is CCCC1NC(=O)CCN(c2cccnc2C)C1=O. The molecule has 0 saturated carbocycles. The van der Waals surface area contributed by atoms with E-state index < -0.39 is 6.04 Å². The van der Waals surface area contributed by atoms with Crippen molar-refractivity contribution in [2.45, 2.75) is 39.2 Å². The van der Waals surface area contributed by atoms with Gasteiger partial charge in [0.15, 0.2) is 0 Å². The first-order chi connectivity index (χ1) is 9.13. The average molecular weight is 261 g/mol. The molecule has 2 rings (SSSR count). The van der Waals surface area contributed by atoms with E-state index in [4.69, 9.17) is 0 Å². The molecule has 0 aromatic carbocycles. The second-order valence-corrected chi connectivity index (χ2v) is 4.76. The predicted octanol–water partition coefficient (Wildman–Crippen LogP) is 1.41. The standard InChI is InChI=1S/C14H19N3O2/c1-3-5-11-14(19)17(9-7-13(18)16-11)12-6-4-8-15-10(12)2/h4,6,8,11H,3,5,7,9H2,1-2H3,(H,16,18). The molecule has 1 N–H and O–H groups in total. The van der Waals surface area contributed by atoms with Crippen LogP contribution in [0.5, 0.6) is 0 Å². The lowest BCUT2D eigenvalue weighted by Gasteiger charge is -2.24. The van der Waals surface area contributed by atoms with Crippen LogP contribution in [0, 0.1) is 6.92 Å². The highest BCUT2D eigenvalue weighted by Crippen LogP contribution is 2.21. The zero-order valence-electron chi connectivity index (χ0n) is 11.3. The van der Waals surface area contributed by atoms with Gasteiger partial charge in [0.1, 0.15) is 6.04 Å². The van der Waals surface area contributed by atoms with Crippen molar-refractivity contribution in [1.82, 2.24) is 10.3 Å². The molecule has 1 atom stereocenters. The minimum absolute atomic E-state index is 0.0381. The molecule has 1 saturated heterocycles. The number of carbonyl (C=O) groups excluding carboxylic acids is 2. The van der Waals surface area contributed by atoms with Crippen LogP contribution in [0.2, 0.25) is 0 Å². The third-order valence-electron chi connectivity index (χ3n) is 3.31. The Balaban J connectivity index is 2.31. The van der Waals surface area contributed by atoms with Crippen LogP contribution < -0.4 is 10.2 Å². The molecule has 1 aromatic rings. The van der Waals surface area contributed by atoms with Crippen molar-refractivity contribution in [2.24, 2.45) is 0 Å². The van der Waals surface area contributed by atoms with Crippen molar-refractivity contribution in [3.63, 3.8) is 0 Å². The Kier molecular flexibility index (Phi) is 4.14. The van der Waals surface area contributed by atoms with Gasteiger partial charge in [0.25, 0.3) is 0 Å². The largest absolute Gasteiger partial charge is 0.344 e. The second kappa shape index (κ2) is 5.82. The zero-order chi connectivity index (χ0) is 13.8. The molecule has 19 heavy (non-hydrogen) atoms. The first-order valence-corrected chi connectivity index (χ1v) is 6.66. The van der Waals surface area contributed by atoms with E-state index in [1.165, 1.54) is 0 Å². The molecule has 102 valence electrons. The highest BCUT2D eigenvalue weighted by molar-refractivity contribution is 6.01. The summed E-state index contributed by atoms with van der Waals surface area (Å²) in [5.41, 5.74) is 1.60. The van der Waals surface area contributed by atoms with Crippen LogP contribution in [0.25, 0.3) is 0 Å². The minimum atomic E-state index is -0.417. The average Bonchev–Trinajstić information content (AvgIpc) is 2.52. The molecule has 2 heterocycles. The summed E-state index contributed by atoms with van der Waals surface area (Å²) in [5, 5.41) is 2.80. The summed E-state index contributed by atoms with van der Waals surface area (Å²) in [6, 6.07) is 3.27. The smallest absolute Gasteiger partial charge is 0.249 e. The zero-order valence-corrected chi connectivity index (χ0v) is 11.3. The number of anilines is 1. The van der Waals surface area contributed by atoms with Gasteiger partial charge in [-0.3, -0.25) is 14.6 Å². The Labute approximate surface area is 113 Å². The van der Waals surface area contributed by atoms with E-state index in [1.54, 1.807) is 11.1 Å². The Morgan fingerprint density at radius 2 is 2.26 bits per heavy atom. The van der Waals surface area contributed by atoms with E-state index >= 15 is 0 Å². The van der Waals surface area contributed by atoms with E-state index in [2.05, 4.69) is 10.3 Å². The number of hydrogen-bond donors (Lipinski definition) is 1.